The third-order valence-corrected chi connectivity index (χ3v) is 3.18. The first-order valence-corrected chi connectivity index (χ1v) is 5.50. The molecule has 76 valence electrons. The fraction of sp³-hybridized carbons (Fsp3) is 0.556. The summed E-state index contributed by atoms with van der Waals surface area (Å²) in [5.41, 5.74) is 2.56. The molecule has 2 heterocycles. The van der Waals surface area contributed by atoms with Gasteiger partial charge in [0.05, 0.1) is 17.3 Å². The van der Waals surface area contributed by atoms with Gasteiger partial charge in [-0.15, -0.1) is 11.3 Å². The molecule has 1 aliphatic rings. The van der Waals surface area contributed by atoms with Crippen molar-refractivity contribution in [2.75, 3.05) is 13.1 Å². The summed E-state index contributed by atoms with van der Waals surface area (Å²) in [7, 11) is 0. The molecule has 2 rings (SSSR count). The molecule has 0 atom stereocenters. The predicted octanol–water partition coefficient (Wildman–Crippen LogP) is 0.522. The van der Waals surface area contributed by atoms with Crippen LogP contribution >= 0.6 is 11.3 Å². The summed E-state index contributed by atoms with van der Waals surface area (Å²) in [4.78, 5) is 18.3. The van der Waals surface area contributed by atoms with Gasteiger partial charge in [0.25, 0.3) is 5.91 Å². The third-order valence-electron chi connectivity index (χ3n) is 2.32. The number of hydrogen-bond donors (Lipinski definition) is 1. The zero-order valence-electron chi connectivity index (χ0n) is 7.93. The van der Waals surface area contributed by atoms with Gasteiger partial charge in [0.1, 0.15) is 4.88 Å². The first-order valence-electron chi connectivity index (χ1n) is 4.62. The minimum absolute atomic E-state index is 0.00894. The van der Waals surface area contributed by atoms with E-state index >= 15 is 0 Å². The van der Waals surface area contributed by atoms with Crippen LogP contribution in [0.25, 0.3) is 0 Å². The lowest BCUT2D eigenvalue weighted by Gasteiger charge is -2.35. The Balaban J connectivity index is 2.11. The fourth-order valence-corrected chi connectivity index (χ4v) is 2.31. The lowest BCUT2D eigenvalue weighted by atomic mass is 10.1. The maximum Gasteiger partial charge on any atom is 0.266 e. The van der Waals surface area contributed by atoms with Crippen molar-refractivity contribution in [2.45, 2.75) is 19.4 Å². The van der Waals surface area contributed by atoms with E-state index in [2.05, 4.69) is 4.98 Å². The maximum absolute atomic E-state index is 11.8. The van der Waals surface area contributed by atoms with Gasteiger partial charge in [-0.2, -0.15) is 0 Å². The van der Waals surface area contributed by atoms with Crippen molar-refractivity contribution in [1.82, 2.24) is 9.88 Å². The number of aliphatic hydroxyl groups excluding tert-OH is 1. The third kappa shape index (κ3) is 1.53. The van der Waals surface area contributed by atoms with Crippen molar-refractivity contribution in [3.8, 4) is 0 Å². The highest BCUT2D eigenvalue weighted by molar-refractivity contribution is 7.11. The number of likely N-dealkylation sites (tertiary alicyclic amines) is 1. The van der Waals surface area contributed by atoms with E-state index in [9.17, 15) is 4.79 Å². The molecule has 1 amide bonds. The van der Waals surface area contributed by atoms with Gasteiger partial charge in [-0.3, -0.25) is 4.79 Å². The zero-order valence-corrected chi connectivity index (χ0v) is 8.75. The maximum atomic E-state index is 11.8. The normalized spacial score (nSPS) is 16.9. The van der Waals surface area contributed by atoms with Crippen LogP contribution in [0.4, 0.5) is 0 Å². The van der Waals surface area contributed by atoms with E-state index in [1.54, 1.807) is 10.4 Å². The highest BCUT2D eigenvalue weighted by atomic mass is 32.1. The number of carbonyl (C=O) groups excluding carboxylic acids is 1. The van der Waals surface area contributed by atoms with E-state index in [1.165, 1.54) is 11.3 Å². The van der Waals surface area contributed by atoms with Crippen LogP contribution in [0.15, 0.2) is 5.51 Å². The van der Waals surface area contributed by atoms with Crippen molar-refractivity contribution < 1.29 is 9.90 Å². The summed E-state index contributed by atoms with van der Waals surface area (Å²) >= 11 is 1.38. The Bertz CT molecular complexity index is 344. The molecular weight excluding hydrogens is 200 g/mol. The number of carbonyl (C=O) groups is 1. The molecule has 1 saturated heterocycles. The molecule has 0 aliphatic carbocycles. The van der Waals surface area contributed by atoms with Crippen LogP contribution < -0.4 is 0 Å². The van der Waals surface area contributed by atoms with Crippen LogP contribution in [0.3, 0.4) is 0 Å². The van der Waals surface area contributed by atoms with Crippen molar-refractivity contribution in [2.24, 2.45) is 0 Å². The summed E-state index contributed by atoms with van der Waals surface area (Å²) in [6, 6.07) is 0. The number of aromatic nitrogens is 1. The van der Waals surface area contributed by atoms with E-state index < -0.39 is 0 Å². The highest BCUT2D eigenvalue weighted by Gasteiger charge is 2.31. The van der Waals surface area contributed by atoms with E-state index in [4.69, 9.17) is 5.11 Å². The van der Waals surface area contributed by atoms with Gasteiger partial charge in [0, 0.05) is 13.1 Å². The first-order chi connectivity index (χ1) is 6.72. The monoisotopic (exact) mass is 212 g/mol. The topological polar surface area (TPSA) is 53.4 Å². The standard InChI is InChI=1S/C9H12N2O2S/c1-2-7-8(14-5-10-7)9(13)11-3-6(12)4-11/h5-6,12H,2-4H2,1H3. The molecular formula is C9H12N2O2S. The Morgan fingerprint density at radius 1 is 1.79 bits per heavy atom. The molecule has 1 N–H and O–H groups in total. The van der Waals surface area contributed by atoms with Gasteiger partial charge in [-0.25, -0.2) is 4.98 Å². The summed E-state index contributed by atoms with van der Waals surface area (Å²) in [5.74, 6) is 0.00894. The Hall–Kier alpha value is -0.940. The van der Waals surface area contributed by atoms with Crippen molar-refractivity contribution >= 4 is 17.2 Å². The lowest BCUT2D eigenvalue weighted by Crippen LogP contribution is -2.53. The number of β-amino-alcohol motifs (C(OH)–C–C–N with tert-alkyl or cyclic N) is 1. The van der Waals surface area contributed by atoms with Crippen LogP contribution in [-0.4, -0.2) is 40.1 Å². The minimum atomic E-state index is -0.336. The van der Waals surface area contributed by atoms with E-state index in [1.807, 2.05) is 6.92 Å². The Morgan fingerprint density at radius 3 is 3.07 bits per heavy atom. The zero-order chi connectivity index (χ0) is 10.1. The van der Waals surface area contributed by atoms with E-state index in [0.717, 1.165) is 17.0 Å². The molecule has 0 spiro atoms. The van der Waals surface area contributed by atoms with Crippen LogP contribution in [0, 0.1) is 0 Å². The van der Waals surface area contributed by atoms with E-state index in [-0.39, 0.29) is 12.0 Å². The van der Waals surface area contributed by atoms with Crippen molar-refractivity contribution in [3.05, 3.63) is 16.1 Å². The number of thiazole rings is 1. The predicted molar refractivity (Wildman–Crippen MR) is 53.4 cm³/mol. The summed E-state index contributed by atoms with van der Waals surface area (Å²) in [6.07, 6.45) is 0.443. The molecule has 1 aromatic rings. The molecule has 1 aromatic heterocycles. The Kier molecular flexibility index (Phi) is 2.52. The smallest absolute Gasteiger partial charge is 0.266 e. The molecule has 0 unspecified atom stereocenters. The quantitative estimate of drug-likeness (QED) is 0.777. The molecule has 0 bridgehead atoms. The van der Waals surface area contributed by atoms with Gasteiger partial charge in [-0.05, 0) is 6.42 Å². The van der Waals surface area contributed by atoms with Gasteiger partial charge < -0.3 is 10.0 Å². The van der Waals surface area contributed by atoms with Crippen molar-refractivity contribution in [3.63, 3.8) is 0 Å². The SMILES string of the molecule is CCc1ncsc1C(=O)N1CC(O)C1. The Labute approximate surface area is 86.2 Å². The second-order valence-electron chi connectivity index (χ2n) is 3.35. The highest BCUT2D eigenvalue weighted by Crippen LogP contribution is 2.19. The molecule has 0 saturated carbocycles. The fourth-order valence-electron chi connectivity index (χ4n) is 1.46. The van der Waals surface area contributed by atoms with E-state index in [0.29, 0.717) is 13.1 Å². The summed E-state index contributed by atoms with van der Waals surface area (Å²) in [6.45, 7) is 2.90. The molecule has 14 heavy (non-hydrogen) atoms. The molecule has 0 radical (unpaired) electrons. The largest absolute Gasteiger partial charge is 0.389 e. The van der Waals surface area contributed by atoms with Crippen LogP contribution in [0.1, 0.15) is 22.3 Å². The van der Waals surface area contributed by atoms with Gasteiger partial charge in [0.2, 0.25) is 0 Å². The number of rotatable bonds is 2. The number of aryl methyl sites for hydroxylation is 1. The van der Waals surface area contributed by atoms with Crippen LogP contribution in [0.5, 0.6) is 0 Å². The van der Waals surface area contributed by atoms with Gasteiger partial charge in [-0.1, -0.05) is 6.92 Å². The lowest BCUT2D eigenvalue weighted by molar-refractivity contribution is 0.00614. The van der Waals surface area contributed by atoms with Crippen molar-refractivity contribution in [1.29, 1.82) is 0 Å². The molecule has 5 heteroatoms. The van der Waals surface area contributed by atoms with Gasteiger partial charge >= 0.3 is 0 Å². The summed E-state index contributed by atoms with van der Waals surface area (Å²) in [5, 5.41) is 9.09. The summed E-state index contributed by atoms with van der Waals surface area (Å²) < 4.78 is 0. The average molecular weight is 212 g/mol. The minimum Gasteiger partial charge on any atom is -0.389 e. The first kappa shape index (κ1) is 9.61. The second kappa shape index (κ2) is 3.67. The number of nitrogens with zero attached hydrogens (tertiary/aromatic N) is 2. The van der Waals surface area contributed by atoms with Gasteiger partial charge in [0.15, 0.2) is 0 Å². The molecule has 0 aromatic carbocycles. The number of aliphatic hydroxyl groups is 1. The average Bonchev–Trinajstić information content (AvgIpc) is 2.59. The Morgan fingerprint density at radius 2 is 2.50 bits per heavy atom. The molecule has 1 aliphatic heterocycles. The molecule has 4 nitrogen and oxygen atoms in total. The number of hydrogen-bond acceptors (Lipinski definition) is 4. The second-order valence-corrected chi connectivity index (χ2v) is 4.20. The number of amides is 1. The molecule has 1 fully saturated rings. The van der Waals surface area contributed by atoms with Crippen LogP contribution in [-0.2, 0) is 6.42 Å². The van der Waals surface area contributed by atoms with Crippen LogP contribution in [0.2, 0.25) is 0 Å².